The minimum atomic E-state index is 0.304. The Labute approximate surface area is 95.2 Å². The van der Waals surface area contributed by atoms with Gasteiger partial charge in [-0.25, -0.2) is 0 Å². The van der Waals surface area contributed by atoms with E-state index in [2.05, 4.69) is 25.7 Å². The molecule has 1 heterocycles. The Balaban J connectivity index is 2.64. The standard InChI is InChI=1S/C13H28N2/c1-4-8-13(6-3,11-14)15-9-7-12(5-2)10-15/h12H,4-11,14H2,1-3H3. The summed E-state index contributed by atoms with van der Waals surface area (Å²) in [5.41, 5.74) is 6.33. The first kappa shape index (κ1) is 13.0. The van der Waals surface area contributed by atoms with Gasteiger partial charge < -0.3 is 5.73 Å². The SMILES string of the molecule is CCCC(CC)(CN)N1CCC(CC)C1. The van der Waals surface area contributed by atoms with Crippen molar-refractivity contribution >= 4 is 0 Å². The van der Waals surface area contributed by atoms with Crippen molar-refractivity contribution in [3.05, 3.63) is 0 Å². The highest BCUT2D eigenvalue weighted by Gasteiger charge is 2.36. The largest absolute Gasteiger partial charge is 0.329 e. The van der Waals surface area contributed by atoms with Gasteiger partial charge in [0, 0.05) is 18.6 Å². The smallest absolute Gasteiger partial charge is 0.0329 e. The average molecular weight is 212 g/mol. The van der Waals surface area contributed by atoms with Gasteiger partial charge in [0.15, 0.2) is 0 Å². The van der Waals surface area contributed by atoms with Crippen LogP contribution in [0.3, 0.4) is 0 Å². The van der Waals surface area contributed by atoms with Gasteiger partial charge in [-0.3, -0.25) is 4.90 Å². The first-order valence-electron chi connectivity index (χ1n) is 6.67. The van der Waals surface area contributed by atoms with Crippen molar-refractivity contribution in [2.75, 3.05) is 19.6 Å². The van der Waals surface area contributed by atoms with Crippen LogP contribution in [-0.2, 0) is 0 Å². The highest BCUT2D eigenvalue weighted by molar-refractivity contribution is 4.94. The van der Waals surface area contributed by atoms with Crippen LogP contribution in [0.5, 0.6) is 0 Å². The van der Waals surface area contributed by atoms with Gasteiger partial charge in [0.25, 0.3) is 0 Å². The third-order valence-electron chi connectivity index (χ3n) is 4.29. The van der Waals surface area contributed by atoms with E-state index < -0.39 is 0 Å². The molecule has 1 aliphatic rings. The molecule has 0 aromatic heterocycles. The molecule has 1 aliphatic heterocycles. The van der Waals surface area contributed by atoms with Crippen LogP contribution in [0.1, 0.15) is 52.9 Å². The maximum atomic E-state index is 6.03. The summed E-state index contributed by atoms with van der Waals surface area (Å²) in [4.78, 5) is 2.67. The molecule has 90 valence electrons. The van der Waals surface area contributed by atoms with Crippen LogP contribution >= 0.6 is 0 Å². The van der Waals surface area contributed by atoms with Crippen molar-refractivity contribution in [1.82, 2.24) is 4.90 Å². The van der Waals surface area contributed by atoms with Gasteiger partial charge in [0.05, 0.1) is 0 Å². The molecule has 2 atom stereocenters. The van der Waals surface area contributed by atoms with E-state index in [0.29, 0.717) is 5.54 Å². The van der Waals surface area contributed by atoms with Crippen LogP contribution in [0, 0.1) is 5.92 Å². The van der Waals surface area contributed by atoms with Crippen molar-refractivity contribution in [2.24, 2.45) is 11.7 Å². The number of hydrogen-bond donors (Lipinski definition) is 1. The zero-order chi connectivity index (χ0) is 11.3. The molecule has 1 saturated heterocycles. The molecule has 1 fully saturated rings. The Morgan fingerprint density at radius 2 is 2.07 bits per heavy atom. The Morgan fingerprint density at radius 3 is 2.47 bits per heavy atom. The fourth-order valence-electron chi connectivity index (χ4n) is 3.00. The van der Waals surface area contributed by atoms with Gasteiger partial charge in [-0.2, -0.15) is 0 Å². The van der Waals surface area contributed by atoms with Crippen LogP contribution in [0.15, 0.2) is 0 Å². The molecule has 0 aromatic carbocycles. The summed E-state index contributed by atoms with van der Waals surface area (Å²) in [6, 6.07) is 0. The van der Waals surface area contributed by atoms with E-state index in [9.17, 15) is 0 Å². The quantitative estimate of drug-likeness (QED) is 0.733. The Morgan fingerprint density at radius 1 is 1.33 bits per heavy atom. The van der Waals surface area contributed by atoms with E-state index in [1.165, 1.54) is 45.2 Å². The molecule has 2 heteroatoms. The maximum absolute atomic E-state index is 6.03. The number of rotatable bonds is 6. The summed E-state index contributed by atoms with van der Waals surface area (Å²) in [6.07, 6.45) is 6.41. The second-order valence-electron chi connectivity index (χ2n) is 5.04. The Kier molecular flexibility index (Phi) is 5.07. The lowest BCUT2D eigenvalue weighted by molar-refractivity contribution is 0.103. The molecule has 15 heavy (non-hydrogen) atoms. The second-order valence-corrected chi connectivity index (χ2v) is 5.04. The molecule has 0 saturated carbocycles. The summed E-state index contributed by atoms with van der Waals surface area (Å²) >= 11 is 0. The molecular formula is C13H28N2. The first-order chi connectivity index (χ1) is 7.22. The predicted octanol–water partition coefficient (Wildman–Crippen LogP) is 2.63. The molecule has 0 bridgehead atoms. The third-order valence-corrected chi connectivity index (χ3v) is 4.29. The third kappa shape index (κ3) is 2.73. The van der Waals surface area contributed by atoms with Crippen molar-refractivity contribution < 1.29 is 0 Å². The fourth-order valence-corrected chi connectivity index (χ4v) is 3.00. The minimum Gasteiger partial charge on any atom is -0.329 e. The van der Waals surface area contributed by atoms with E-state index in [4.69, 9.17) is 5.73 Å². The zero-order valence-corrected chi connectivity index (χ0v) is 10.8. The van der Waals surface area contributed by atoms with E-state index in [-0.39, 0.29) is 0 Å². The van der Waals surface area contributed by atoms with Crippen LogP contribution < -0.4 is 5.73 Å². The van der Waals surface area contributed by atoms with Crippen molar-refractivity contribution in [3.8, 4) is 0 Å². The van der Waals surface area contributed by atoms with Crippen LogP contribution in [0.4, 0.5) is 0 Å². The summed E-state index contributed by atoms with van der Waals surface area (Å²) in [7, 11) is 0. The molecule has 1 rings (SSSR count). The van der Waals surface area contributed by atoms with E-state index in [1.807, 2.05) is 0 Å². The van der Waals surface area contributed by atoms with Gasteiger partial charge in [0.2, 0.25) is 0 Å². The number of likely N-dealkylation sites (tertiary alicyclic amines) is 1. The lowest BCUT2D eigenvalue weighted by Crippen LogP contribution is -2.52. The van der Waals surface area contributed by atoms with Gasteiger partial charge in [-0.05, 0) is 31.7 Å². The van der Waals surface area contributed by atoms with Crippen molar-refractivity contribution in [2.45, 2.75) is 58.4 Å². The summed E-state index contributed by atoms with van der Waals surface area (Å²) in [5.74, 6) is 0.916. The number of hydrogen-bond acceptors (Lipinski definition) is 2. The van der Waals surface area contributed by atoms with E-state index in [1.54, 1.807) is 0 Å². The van der Waals surface area contributed by atoms with E-state index >= 15 is 0 Å². The zero-order valence-electron chi connectivity index (χ0n) is 10.8. The molecule has 2 unspecified atom stereocenters. The molecule has 2 N–H and O–H groups in total. The average Bonchev–Trinajstić information content (AvgIpc) is 2.75. The molecule has 2 nitrogen and oxygen atoms in total. The molecule has 0 spiro atoms. The second kappa shape index (κ2) is 5.86. The maximum Gasteiger partial charge on any atom is 0.0329 e. The van der Waals surface area contributed by atoms with Crippen LogP contribution in [0.25, 0.3) is 0 Å². The van der Waals surface area contributed by atoms with Crippen molar-refractivity contribution in [1.29, 1.82) is 0 Å². The van der Waals surface area contributed by atoms with E-state index in [0.717, 1.165) is 12.5 Å². The van der Waals surface area contributed by atoms with Crippen LogP contribution in [-0.4, -0.2) is 30.1 Å². The van der Waals surface area contributed by atoms with Gasteiger partial charge >= 0.3 is 0 Å². The fraction of sp³-hybridized carbons (Fsp3) is 1.00. The molecule has 0 aromatic rings. The monoisotopic (exact) mass is 212 g/mol. The lowest BCUT2D eigenvalue weighted by Gasteiger charge is -2.41. The molecule has 0 radical (unpaired) electrons. The molecule has 0 amide bonds. The highest BCUT2D eigenvalue weighted by atomic mass is 15.2. The summed E-state index contributed by atoms with van der Waals surface area (Å²) in [5, 5.41) is 0. The Bertz CT molecular complexity index is 175. The number of nitrogens with two attached hydrogens (primary N) is 1. The van der Waals surface area contributed by atoms with Gasteiger partial charge in [-0.15, -0.1) is 0 Å². The highest BCUT2D eigenvalue weighted by Crippen LogP contribution is 2.31. The predicted molar refractivity (Wildman–Crippen MR) is 67.0 cm³/mol. The first-order valence-corrected chi connectivity index (χ1v) is 6.67. The Hall–Kier alpha value is -0.0800. The van der Waals surface area contributed by atoms with Gasteiger partial charge in [-0.1, -0.05) is 33.6 Å². The normalized spacial score (nSPS) is 26.8. The minimum absolute atomic E-state index is 0.304. The summed E-state index contributed by atoms with van der Waals surface area (Å²) in [6.45, 7) is 10.2. The lowest BCUT2D eigenvalue weighted by atomic mass is 9.89. The summed E-state index contributed by atoms with van der Waals surface area (Å²) < 4.78 is 0. The molecule has 0 aliphatic carbocycles. The number of nitrogens with zero attached hydrogens (tertiary/aromatic N) is 1. The van der Waals surface area contributed by atoms with Crippen LogP contribution in [0.2, 0.25) is 0 Å². The van der Waals surface area contributed by atoms with Gasteiger partial charge in [0.1, 0.15) is 0 Å². The van der Waals surface area contributed by atoms with Crippen molar-refractivity contribution in [3.63, 3.8) is 0 Å². The molecular weight excluding hydrogens is 184 g/mol. The topological polar surface area (TPSA) is 29.3 Å².